The first-order valence-electron chi connectivity index (χ1n) is 8.95. The van der Waals surface area contributed by atoms with E-state index in [-0.39, 0.29) is 11.5 Å². The molecule has 0 amide bonds. The molecule has 2 unspecified atom stereocenters. The van der Waals surface area contributed by atoms with Crippen molar-refractivity contribution in [2.24, 2.45) is 5.41 Å². The van der Waals surface area contributed by atoms with Gasteiger partial charge in [0.25, 0.3) is 0 Å². The van der Waals surface area contributed by atoms with Crippen LogP contribution in [0, 0.1) is 5.41 Å². The van der Waals surface area contributed by atoms with Crippen molar-refractivity contribution < 1.29 is 9.47 Å². The molecule has 0 fully saturated rings. The minimum absolute atomic E-state index is 0.227. The van der Waals surface area contributed by atoms with Gasteiger partial charge in [-0.1, -0.05) is 56.1 Å². The highest BCUT2D eigenvalue weighted by Crippen LogP contribution is 2.34. The van der Waals surface area contributed by atoms with E-state index < -0.39 is 6.23 Å². The number of hydrogen-bond donors (Lipinski definition) is 0. The van der Waals surface area contributed by atoms with Gasteiger partial charge in [-0.15, -0.1) is 0 Å². The van der Waals surface area contributed by atoms with Gasteiger partial charge in [0.2, 0.25) is 6.23 Å². The average molecular weight is 420 g/mol. The highest BCUT2D eigenvalue weighted by atomic mass is 35.5. The molecule has 0 aliphatic heterocycles. The molecule has 3 rings (SSSR count). The van der Waals surface area contributed by atoms with Crippen molar-refractivity contribution in [3.8, 4) is 5.75 Å². The monoisotopic (exact) mass is 419 g/mol. The normalized spacial score (nSPS) is 13.9. The minimum atomic E-state index is -0.504. The molecular weight excluding hydrogens is 397 g/mol. The lowest BCUT2D eigenvalue weighted by Crippen LogP contribution is -2.41. The van der Waals surface area contributed by atoms with E-state index in [0.29, 0.717) is 22.4 Å². The number of benzene rings is 2. The third-order valence-electron chi connectivity index (χ3n) is 4.22. The zero-order chi connectivity index (χ0) is 20.1. The summed E-state index contributed by atoms with van der Waals surface area (Å²) in [6, 6.07) is 14.8. The van der Waals surface area contributed by atoms with Gasteiger partial charge in [-0.2, -0.15) is 5.10 Å². The molecule has 0 aliphatic rings. The molecule has 0 N–H and O–H groups in total. The number of nitrogens with zero attached hydrogens (tertiary/aromatic N) is 3. The molecule has 0 spiro atoms. The molecule has 0 aliphatic carbocycles. The van der Waals surface area contributed by atoms with E-state index >= 15 is 0 Å². The third kappa shape index (κ3) is 5.47. The Kier molecular flexibility index (Phi) is 6.60. The molecule has 5 nitrogen and oxygen atoms in total. The molecule has 0 saturated carbocycles. The molecule has 2 atom stereocenters. The van der Waals surface area contributed by atoms with Crippen molar-refractivity contribution in [1.82, 2.24) is 14.8 Å². The maximum Gasteiger partial charge on any atom is 0.219 e. The number of hydrogen-bond acceptors (Lipinski definition) is 4. The Morgan fingerprint density at radius 1 is 0.964 bits per heavy atom. The molecule has 3 aromatic rings. The Bertz CT molecular complexity index is 860. The minimum Gasteiger partial charge on any atom is -0.466 e. The van der Waals surface area contributed by atoms with Crippen molar-refractivity contribution in [1.29, 1.82) is 0 Å². The van der Waals surface area contributed by atoms with Crippen LogP contribution in [0.15, 0.2) is 61.2 Å². The largest absolute Gasteiger partial charge is 0.466 e. The lowest BCUT2D eigenvalue weighted by Gasteiger charge is -2.36. The predicted molar refractivity (Wildman–Crippen MR) is 111 cm³/mol. The summed E-state index contributed by atoms with van der Waals surface area (Å²) >= 11 is 12.0. The highest BCUT2D eigenvalue weighted by Gasteiger charge is 2.37. The van der Waals surface area contributed by atoms with Gasteiger partial charge in [-0.3, -0.25) is 0 Å². The van der Waals surface area contributed by atoms with Crippen LogP contribution in [0.2, 0.25) is 10.0 Å². The number of rotatable bonds is 7. The van der Waals surface area contributed by atoms with Crippen molar-refractivity contribution in [2.75, 3.05) is 0 Å². The molecule has 148 valence electrons. The summed E-state index contributed by atoms with van der Waals surface area (Å²) in [4.78, 5) is 4.07. The zero-order valence-electron chi connectivity index (χ0n) is 16.0. The van der Waals surface area contributed by atoms with E-state index in [4.69, 9.17) is 32.7 Å². The first kappa shape index (κ1) is 20.6. The van der Waals surface area contributed by atoms with E-state index in [9.17, 15) is 0 Å². The molecule has 2 aromatic carbocycles. The summed E-state index contributed by atoms with van der Waals surface area (Å²) in [5.74, 6) is 0.675. The van der Waals surface area contributed by atoms with Crippen molar-refractivity contribution in [2.45, 2.75) is 39.7 Å². The van der Waals surface area contributed by atoms with E-state index in [1.807, 2.05) is 36.4 Å². The molecular formula is C21H23Cl2N3O2. The summed E-state index contributed by atoms with van der Waals surface area (Å²) in [5, 5.41) is 5.63. The van der Waals surface area contributed by atoms with Gasteiger partial charge in [0.05, 0.1) is 6.61 Å². The summed E-state index contributed by atoms with van der Waals surface area (Å²) in [7, 11) is 0. The summed E-state index contributed by atoms with van der Waals surface area (Å²) in [6.07, 6.45) is 2.30. The lowest BCUT2D eigenvalue weighted by atomic mass is 9.87. The Morgan fingerprint density at radius 2 is 1.57 bits per heavy atom. The summed E-state index contributed by atoms with van der Waals surface area (Å²) in [5.41, 5.74) is 0.803. The second-order valence-corrected chi connectivity index (χ2v) is 8.43. The van der Waals surface area contributed by atoms with Crippen LogP contribution in [0.25, 0.3) is 0 Å². The van der Waals surface area contributed by atoms with Gasteiger partial charge in [0.1, 0.15) is 24.5 Å². The Balaban J connectivity index is 1.85. The highest BCUT2D eigenvalue weighted by molar-refractivity contribution is 6.30. The second-order valence-electron chi connectivity index (χ2n) is 7.56. The van der Waals surface area contributed by atoms with Gasteiger partial charge >= 0.3 is 0 Å². The van der Waals surface area contributed by atoms with Crippen LogP contribution in [0.1, 0.15) is 32.6 Å². The van der Waals surface area contributed by atoms with Crippen LogP contribution < -0.4 is 4.74 Å². The van der Waals surface area contributed by atoms with Crippen LogP contribution in [-0.2, 0) is 11.3 Å². The molecule has 0 radical (unpaired) electrons. The van der Waals surface area contributed by atoms with Crippen molar-refractivity contribution in [3.05, 3.63) is 76.8 Å². The smallest absolute Gasteiger partial charge is 0.219 e. The Morgan fingerprint density at radius 3 is 2.11 bits per heavy atom. The fraction of sp³-hybridized carbons (Fsp3) is 0.333. The maximum atomic E-state index is 6.33. The number of ether oxygens (including phenoxy) is 2. The zero-order valence-corrected chi connectivity index (χ0v) is 17.6. The van der Waals surface area contributed by atoms with Gasteiger partial charge in [0, 0.05) is 10.0 Å². The van der Waals surface area contributed by atoms with Crippen molar-refractivity contribution >= 4 is 23.2 Å². The molecule has 0 bridgehead atoms. The lowest BCUT2D eigenvalue weighted by molar-refractivity contribution is -0.121. The molecule has 28 heavy (non-hydrogen) atoms. The predicted octanol–water partition coefficient (Wildman–Crippen LogP) is 5.79. The van der Waals surface area contributed by atoms with Gasteiger partial charge in [0.15, 0.2) is 0 Å². The average Bonchev–Trinajstić information content (AvgIpc) is 3.17. The van der Waals surface area contributed by atoms with E-state index in [1.54, 1.807) is 23.1 Å². The molecule has 1 aromatic heterocycles. The van der Waals surface area contributed by atoms with Crippen LogP contribution >= 0.6 is 23.2 Å². The van der Waals surface area contributed by atoms with Crippen LogP contribution in [0.4, 0.5) is 0 Å². The maximum absolute atomic E-state index is 6.33. The van der Waals surface area contributed by atoms with Crippen LogP contribution in [-0.4, -0.2) is 20.9 Å². The first-order valence-corrected chi connectivity index (χ1v) is 9.71. The van der Waals surface area contributed by atoms with Gasteiger partial charge in [-0.05, 0) is 47.4 Å². The Labute approximate surface area is 175 Å². The Hall–Kier alpha value is -2.08. The molecule has 7 heteroatoms. The van der Waals surface area contributed by atoms with Crippen molar-refractivity contribution in [3.63, 3.8) is 0 Å². The topological polar surface area (TPSA) is 49.2 Å². The second kappa shape index (κ2) is 8.95. The quantitative estimate of drug-likeness (QED) is 0.485. The van der Waals surface area contributed by atoms with Crippen LogP contribution in [0.5, 0.6) is 5.75 Å². The standard InChI is InChI=1S/C21H23Cl2N3O2/c1-21(2,3)19(27-12-15-4-6-16(22)7-5-15)20(26-14-24-13-25-26)28-18-10-8-17(23)9-11-18/h4-11,13-14,19-20H,12H2,1-3H3. The summed E-state index contributed by atoms with van der Waals surface area (Å²) < 4.78 is 14.3. The fourth-order valence-electron chi connectivity index (χ4n) is 2.78. The van der Waals surface area contributed by atoms with Gasteiger partial charge < -0.3 is 9.47 Å². The van der Waals surface area contributed by atoms with Crippen LogP contribution in [0.3, 0.4) is 0 Å². The number of halogens is 2. The fourth-order valence-corrected chi connectivity index (χ4v) is 3.03. The van der Waals surface area contributed by atoms with E-state index in [0.717, 1.165) is 5.56 Å². The van der Waals surface area contributed by atoms with Gasteiger partial charge in [-0.25, -0.2) is 9.67 Å². The SMILES string of the molecule is CC(C)(C)C(OCc1ccc(Cl)cc1)C(Oc1ccc(Cl)cc1)n1cncn1. The van der Waals surface area contributed by atoms with E-state index in [1.165, 1.54) is 6.33 Å². The molecule has 0 saturated heterocycles. The third-order valence-corrected chi connectivity index (χ3v) is 4.73. The summed E-state index contributed by atoms with van der Waals surface area (Å²) in [6.45, 7) is 6.74. The molecule has 1 heterocycles. The first-order chi connectivity index (χ1) is 13.3. The van der Waals surface area contributed by atoms with E-state index in [2.05, 4.69) is 30.9 Å². The number of aromatic nitrogens is 3.